The van der Waals surface area contributed by atoms with Crippen molar-refractivity contribution in [2.75, 3.05) is 18.1 Å². The summed E-state index contributed by atoms with van der Waals surface area (Å²) in [4.78, 5) is 14.2. The number of rotatable bonds is 2. The lowest BCUT2D eigenvalue weighted by molar-refractivity contribution is 0.0708. The van der Waals surface area contributed by atoms with E-state index in [1.54, 1.807) is 13.1 Å². The van der Waals surface area contributed by atoms with Gasteiger partial charge in [-0.3, -0.25) is 4.79 Å². The molecule has 7 nitrogen and oxygen atoms in total. The van der Waals surface area contributed by atoms with E-state index in [2.05, 4.69) is 10.3 Å². The number of nitrogens with zero attached hydrogens (tertiary/aromatic N) is 4. The van der Waals surface area contributed by atoms with Gasteiger partial charge in [0.1, 0.15) is 5.82 Å². The molecule has 1 aliphatic heterocycles. The molecule has 0 bridgehead atoms. The van der Waals surface area contributed by atoms with Crippen LogP contribution in [0.15, 0.2) is 30.6 Å². The molecule has 128 valence electrons. The maximum Gasteiger partial charge on any atom is 0.257 e. The van der Waals surface area contributed by atoms with Gasteiger partial charge in [0.2, 0.25) is 0 Å². The van der Waals surface area contributed by atoms with Crippen molar-refractivity contribution >= 4 is 15.7 Å². The molecule has 1 fully saturated rings. The molecular weight excluding hydrogens is 335 g/mol. The van der Waals surface area contributed by atoms with Crippen molar-refractivity contribution in [3.05, 3.63) is 42.0 Å². The lowest BCUT2D eigenvalue weighted by Gasteiger charge is -2.27. The van der Waals surface area contributed by atoms with Gasteiger partial charge in [-0.1, -0.05) is 5.21 Å². The van der Waals surface area contributed by atoms with Gasteiger partial charge in [0.25, 0.3) is 5.91 Å². The van der Waals surface area contributed by atoms with Crippen molar-refractivity contribution in [2.24, 2.45) is 0 Å². The van der Waals surface area contributed by atoms with E-state index in [1.807, 2.05) is 0 Å². The maximum absolute atomic E-state index is 14.2. The molecule has 3 rings (SSSR count). The van der Waals surface area contributed by atoms with Gasteiger partial charge in [-0.2, -0.15) is 0 Å². The van der Waals surface area contributed by atoms with E-state index in [1.165, 1.54) is 34.0 Å². The topological polar surface area (TPSA) is 85.2 Å². The van der Waals surface area contributed by atoms with Gasteiger partial charge >= 0.3 is 0 Å². The fourth-order valence-electron chi connectivity index (χ4n) is 2.84. The molecule has 0 N–H and O–H groups in total. The second-order valence-corrected chi connectivity index (χ2v) is 8.06. The zero-order chi connectivity index (χ0) is 17.3. The molecule has 1 aliphatic rings. The lowest BCUT2D eigenvalue weighted by atomic mass is 10.1. The van der Waals surface area contributed by atoms with Crippen LogP contribution in [0.2, 0.25) is 0 Å². The third kappa shape index (κ3) is 3.30. The summed E-state index contributed by atoms with van der Waals surface area (Å²) in [6, 6.07) is 3.60. The third-order valence-corrected chi connectivity index (χ3v) is 5.91. The number of amides is 1. The molecule has 1 aromatic heterocycles. The van der Waals surface area contributed by atoms with Gasteiger partial charge < -0.3 is 4.90 Å². The van der Waals surface area contributed by atoms with Gasteiger partial charge in [-0.25, -0.2) is 17.5 Å². The first kappa shape index (κ1) is 16.6. The maximum atomic E-state index is 14.2. The van der Waals surface area contributed by atoms with E-state index in [4.69, 9.17) is 0 Å². The normalized spacial score (nSPS) is 20.6. The highest BCUT2D eigenvalue weighted by Crippen LogP contribution is 2.19. The van der Waals surface area contributed by atoms with Crippen molar-refractivity contribution in [1.29, 1.82) is 0 Å². The fourth-order valence-corrected chi connectivity index (χ4v) is 4.49. The predicted octanol–water partition coefficient (Wildman–Crippen LogP) is 1.06. The van der Waals surface area contributed by atoms with Gasteiger partial charge in [-0.05, 0) is 31.5 Å². The van der Waals surface area contributed by atoms with Crippen molar-refractivity contribution in [3.63, 3.8) is 0 Å². The Bertz CT molecular complexity index is 852. The largest absolute Gasteiger partial charge is 0.335 e. The number of halogens is 1. The summed E-state index contributed by atoms with van der Waals surface area (Å²) < 4.78 is 39.3. The minimum absolute atomic E-state index is 0.0442. The van der Waals surface area contributed by atoms with Crippen LogP contribution in [0.25, 0.3) is 5.69 Å². The minimum atomic E-state index is -3.18. The van der Waals surface area contributed by atoms with E-state index in [9.17, 15) is 17.6 Å². The second kappa shape index (κ2) is 6.31. The van der Waals surface area contributed by atoms with Crippen molar-refractivity contribution < 1.29 is 17.6 Å². The molecule has 1 aromatic carbocycles. The van der Waals surface area contributed by atoms with E-state index in [0.717, 1.165) is 0 Å². The average Bonchev–Trinajstić information content (AvgIpc) is 3.00. The smallest absolute Gasteiger partial charge is 0.257 e. The SMILES string of the molecule is CC1CS(=O)(=O)CCCN1C(=O)c1cc(-n2ccnn2)ccc1F. The Morgan fingerprint density at radius 2 is 2.17 bits per heavy atom. The van der Waals surface area contributed by atoms with Gasteiger partial charge in [-0.15, -0.1) is 5.10 Å². The first-order chi connectivity index (χ1) is 11.4. The minimum Gasteiger partial charge on any atom is -0.335 e. The van der Waals surface area contributed by atoms with Crippen LogP contribution in [0, 0.1) is 5.82 Å². The van der Waals surface area contributed by atoms with Crippen molar-refractivity contribution in [1.82, 2.24) is 19.9 Å². The summed E-state index contributed by atoms with van der Waals surface area (Å²) in [5, 5.41) is 7.50. The van der Waals surface area contributed by atoms with Crippen LogP contribution in [-0.2, 0) is 9.84 Å². The van der Waals surface area contributed by atoms with Crippen molar-refractivity contribution in [2.45, 2.75) is 19.4 Å². The van der Waals surface area contributed by atoms with E-state index in [0.29, 0.717) is 12.1 Å². The molecule has 0 spiro atoms. The van der Waals surface area contributed by atoms with Crippen LogP contribution in [0.4, 0.5) is 4.39 Å². The number of benzene rings is 1. The third-order valence-electron chi connectivity index (χ3n) is 4.01. The highest BCUT2D eigenvalue weighted by atomic mass is 32.2. The highest BCUT2D eigenvalue weighted by Gasteiger charge is 2.30. The average molecular weight is 352 g/mol. The number of carbonyl (C=O) groups is 1. The van der Waals surface area contributed by atoms with Crippen molar-refractivity contribution in [3.8, 4) is 5.69 Å². The number of aromatic nitrogens is 3. The molecule has 1 amide bonds. The van der Waals surface area contributed by atoms with Crippen LogP contribution in [-0.4, -0.2) is 58.3 Å². The predicted molar refractivity (Wildman–Crippen MR) is 85.1 cm³/mol. The molecule has 1 unspecified atom stereocenters. The zero-order valence-electron chi connectivity index (χ0n) is 13.1. The Hall–Kier alpha value is -2.29. The fraction of sp³-hybridized carbons (Fsp3) is 0.400. The van der Waals surface area contributed by atoms with Gasteiger partial charge in [0, 0.05) is 12.6 Å². The summed E-state index contributed by atoms with van der Waals surface area (Å²) in [5.41, 5.74) is 0.404. The Morgan fingerprint density at radius 3 is 2.88 bits per heavy atom. The Kier molecular flexibility index (Phi) is 4.35. The first-order valence-electron chi connectivity index (χ1n) is 7.55. The van der Waals surface area contributed by atoms with Gasteiger partial charge in [0.15, 0.2) is 9.84 Å². The Labute approximate surface area is 139 Å². The molecule has 24 heavy (non-hydrogen) atoms. The molecule has 2 heterocycles. The van der Waals surface area contributed by atoms with Crippen LogP contribution >= 0.6 is 0 Å². The second-order valence-electron chi connectivity index (χ2n) is 5.83. The molecule has 0 radical (unpaired) electrons. The Balaban J connectivity index is 1.93. The summed E-state index contributed by atoms with van der Waals surface area (Å²) in [7, 11) is -3.18. The van der Waals surface area contributed by atoms with Gasteiger partial charge in [0.05, 0.1) is 35.2 Å². The first-order valence-corrected chi connectivity index (χ1v) is 9.37. The summed E-state index contributed by atoms with van der Waals surface area (Å²) >= 11 is 0. The quantitative estimate of drug-likeness (QED) is 0.807. The Morgan fingerprint density at radius 1 is 1.38 bits per heavy atom. The summed E-state index contributed by atoms with van der Waals surface area (Å²) in [6.45, 7) is 1.95. The molecule has 2 aromatic rings. The summed E-state index contributed by atoms with van der Waals surface area (Å²) in [6.07, 6.45) is 3.41. The molecule has 1 saturated heterocycles. The van der Waals surface area contributed by atoms with Crippen LogP contribution < -0.4 is 0 Å². The number of sulfone groups is 1. The van der Waals surface area contributed by atoms with Crippen LogP contribution in [0.1, 0.15) is 23.7 Å². The van der Waals surface area contributed by atoms with Crippen LogP contribution in [0.3, 0.4) is 0 Å². The standard InChI is InChI=1S/C15H17FN4O3S/c1-11-10-24(22,23)8-2-6-19(11)15(21)13-9-12(3-4-14(13)16)20-7-5-17-18-20/h3-5,7,9,11H,2,6,8,10H2,1H3. The molecule has 0 aliphatic carbocycles. The number of hydrogen-bond donors (Lipinski definition) is 0. The molecular formula is C15H17FN4O3S. The monoisotopic (exact) mass is 352 g/mol. The molecule has 9 heteroatoms. The van der Waals surface area contributed by atoms with E-state index < -0.39 is 27.6 Å². The summed E-state index contributed by atoms with van der Waals surface area (Å²) in [5.74, 6) is -1.23. The van der Waals surface area contributed by atoms with E-state index >= 15 is 0 Å². The molecule has 0 saturated carbocycles. The van der Waals surface area contributed by atoms with E-state index in [-0.39, 0.29) is 23.6 Å². The number of carbonyl (C=O) groups excluding carboxylic acids is 1. The van der Waals surface area contributed by atoms with Crippen LogP contribution in [0.5, 0.6) is 0 Å². The lowest BCUT2D eigenvalue weighted by Crippen LogP contribution is -2.41. The molecule has 1 atom stereocenters. The highest BCUT2D eigenvalue weighted by molar-refractivity contribution is 7.91. The number of hydrogen-bond acceptors (Lipinski definition) is 5. The zero-order valence-corrected chi connectivity index (χ0v) is 13.9.